The molecule has 0 spiro atoms. The zero-order valence-electron chi connectivity index (χ0n) is 16.7. The van der Waals surface area contributed by atoms with Crippen LogP contribution in [0.2, 0.25) is 0 Å². The molecule has 0 aliphatic carbocycles. The first kappa shape index (κ1) is 21.8. The number of piperazine rings is 1. The Morgan fingerprint density at radius 1 is 1.10 bits per heavy atom. The highest BCUT2D eigenvalue weighted by Gasteiger charge is 2.21. The molecular formula is C22H22ClN3O3S2. The highest BCUT2D eigenvalue weighted by atomic mass is 35.5. The molecule has 31 heavy (non-hydrogen) atoms. The Balaban J connectivity index is 0.00000231. The van der Waals surface area contributed by atoms with Gasteiger partial charge < -0.3 is 14.4 Å². The molecule has 1 aromatic carbocycles. The number of hydrogen-bond donors (Lipinski definition) is 0. The van der Waals surface area contributed by atoms with Crippen LogP contribution in [-0.2, 0) is 11.3 Å². The number of rotatable bonds is 5. The van der Waals surface area contributed by atoms with Crippen LogP contribution >= 0.6 is 35.1 Å². The highest BCUT2D eigenvalue weighted by Crippen LogP contribution is 2.32. The van der Waals surface area contributed by atoms with E-state index in [0.29, 0.717) is 0 Å². The average Bonchev–Trinajstić information content (AvgIpc) is 3.53. The Kier molecular flexibility index (Phi) is 6.92. The van der Waals surface area contributed by atoms with Crippen molar-refractivity contribution in [3.63, 3.8) is 0 Å². The van der Waals surface area contributed by atoms with Gasteiger partial charge in [-0.2, -0.15) is 0 Å². The van der Waals surface area contributed by atoms with E-state index in [9.17, 15) is 4.79 Å². The van der Waals surface area contributed by atoms with Crippen molar-refractivity contribution in [1.29, 1.82) is 0 Å². The number of aromatic nitrogens is 1. The predicted molar refractivity (Wildman–Crippen MR) is 126 cm³/mol. The molecule has 2 aliphatic rings. The molecule has 2 aliphatic heterocycles. The topological polar surface area (TPSA) is 54.9 Å². The van der Waals surface area contributed by atoms with Crippen molar-refractivity contribution in [3.8, 4) is 22.1 Å². The van der Waals surface area contributed by atoms with Crippen LogP contribution in [0.1, 0.15) is 10.6 Å². The first-order valence-corrected chi connectivity index (χ1v) is 11.6. The molecule has 6 nitrogen and oxygen atoms in total. The summed E-state index contributed by atoms with van der Waals surface area (Å²) in [6.45, 7) is 4.27. The Labute approximate surface area is 195 Å². The van der Waals surface area contributed by atoms with Gasteiger partial charge in [0.05, 0.1) is 17.1 Å². The van der Waals surface area contributed by atoms with Crippen LogP contribution in [-0.4, -0.2) is 53.7 Å². The largest absolute Gasteiger partial charge is 0.454 e. The van der Waals surface area contributed by atoms with E-state index >= 15 is 0 Å². The maximum atomic E-state index is 12.6. The van der Waals surface area contributed by atoms with Gasteiger partial charge in [0.15, 0.2) is 11.5 Å². The Morgan fingerprint density at radius 3 is 2.74 bits per heavy atom. The molecule has 0 unspecified atom stereocenters. The van der Waals surface area contributed by atoms with Gasteiger partial charge in [0, 0.05) is 37.6 Å². The molecule has 0 bridgehead atoms. The number of benzene rings is 1. The zero-order valence-corrected chi connectivity index (χ0v) is 19.2. The van der Waals surface area contributed by atoms with E-state index in [-0.39, 0.29) is 25.1 Å². The Hall–Kier alpha value is -2.39. The quantitative estimate of drug-likeness (QED) is 0.512. The number of thiophene rings is 1. The number of nitrogens with zero attached hydrogens (tertiary/aromatic N) is 3. The molecule has 1 amide bonds. The second kappa shape index (κ2) is 9.82. The lowest BCUT2D eigenvalue weighted by molar-refractivity contribution is -0.127. The van der Waals surface area contributed by atoms with Gasteiger partial charge in [0.25, 0.3) is 0 Å². The maximum Gasteiger partial charge on any atom is 0.246 e. The molecule has 0 radical (unpaired) electrons. The van der Waals surface area contributed by atoms with E-state index in [1.54, 1.807) is 28.7 Å². The molecule has 4 heterocycles. The predicted octanol–water partition coefficient (Wildman–Crippen LogP) is 4.38. The SMILES string of the molecule is Cl.O=C(C=Cc1ccc2c(c1)OCO2)N1CCN(Cc2nc(-c3cccs3)cs2)CC1. The monoisotopic (exact) mass is 475 g/mol. The minimum absolute atomic E-state index is 0. The van der Waals surface area contributed by atoms with Crippen molar-refractivity contribution in [1.82, 2.24) is 14.8 Å². The van der Waals surface area contributed by atoms with Crippen molar-refractivity contribution < 1.29 is 14.3 Å². The third-order valence-electron chi connectivity index (χ3n) is 5.18. The van der Waals surface area contributed by atoms with Gasteiger partial charge in [-0.05, 0) is 35.2 Å². The van der Waals surface area contributed by atoms with E-state index in [1.165, 1.54) is 4.88 Å². The molecule has 0 atom stereocenters. The standard InChI is InChI=1S/C22H21N3O3S2.ClH/c26-22(6-4-16-3-5-18-19(12-16)28-15-27-18)25-9-7-24(8-10-25)13-21-23-17(14-30-21)20-2-1-11-29-20;/h1-6,11-12,14H,7-10,13,15H2;1H. The molecule has 0 N–H and O–H groups in total. The number of thiazole rings is 1. The molecule has 1 saturated heterocycles. The Morgan fingerprint density at radius 2 is 1.94 bits per heavy atom. The molecule has 0 saturated carbocycles. The minimum atomic E-state index is 0. The van der Waals surface area contributed by atoms with Crippen molar-refractivity contribution in [2.75, 3.05) is 33.0 Å². The van der Waals surface area contributed by atoms with Crippen molar-refractivity contribution in [3.05, 3.63) is 57.7 Å². The van der Waals surface area contributed by atoms with Crippen LogP contribution in [0.5, 0.6) is 11.5 Å². The fourth-order valence-electron chi connectivity index (χ4n) is 3.53. The van der Waals surface area contributed by atoms with Gasteiger partial charge in [-0.1, -0.05) is 12.1 Å². The summed E-state index contributed by atoms with van der Waals surface area (Å²) in [5, 5.41) is 5.33. The van der Waals surface area contributed by atoms with Gasteiger partial charge >= 0.3 is 0 Å². The molecule has 3 aromatic rings. The van der Waals surface area contributed by atoms with Crippen LogP contribution in [0.25, 0.3) is 16.6 Å². The molecule has 162 valence electrons. The average molecular weight is 476 g/mol. The number of halogens is 1. The zero-order chi connectivity index (χ0) is 20.3. The summed E-state index contributed by atoms with van der Waals surface area (Å²) in [5.41, 5.74) is 1.99. The third kappa shape index (κ3) is 5.10. The summed E-state index contributed by atoms with van der Waals surface area (Å²) < 4.78 is 10.7. The molecule has 9 heteroatoms. The maximum absolute atomic E-state index is 12.6. The van der Waals surface area contributed by atoms with E-state index in [2.05, 4.69) is 27.8 Å². The van der Waals surface area contributed by atoms with Gasteiger partial charge in [-0.3, -0.25) is 9.69 Å². The van der Waals surface area contributed by atoms with E-state index in [0.717, 1.165) is 60.5 Å². The number of hydrogen-bond acceptors (Lipinski definition) is 7. The number of carbonyl (C=O) groups excluding carboxylic acids is 1. The lowest BCUT2D eigenvalue weighted by Crippen LogP contribution is -2.47. The fraction of sp³-hybridized carbons (Fsp3) is 0.273. The smallest absolute Gasteiger partial charge is 0.246 e. The summed E-state index contributed by atoms with van der Waals surface area (Å²) >= 11 is 3.42. The lowest BCUT2D eigenvalue weighted by Gasteiger charge is -2.33. The van der Waals surface area contributed by atoms with Crippen LogP contribution in [0.15, 0.2) is 47.2 Å². The highest BCUT2D eigenvalue weighted by molar-refractivity contribution is 7.14. The molecule has 5 rings (SSSR count). The lowest BCUT2D eigenvalue weighted by atomic mass is 10.2. The van der Waals surface area contributed by atoms with E-state index in [1.807, 2.05) is 29.2 Å². The fourth-order valence-corrected chi connectivity index (χ4v) is 5.12. The van der Waals surface area contributed by atoms with Gasteiger partial charge in [-0.15, -0.1) is 35.1 Å². The van der Waals surface area contributed by atoms with Gasteiger partial charge in [0.1, 0.15) is 5.01 Å². The van der Waals surface area contributed by atoms with Crippen molar-refractivity contribution in [2.24, 2.45) is 0 Å². The number of carbonyl (C=O) groups is 1. The van der Waals surface area contributed by atoms with Gasteiger partial charge in [-0.25, -0.2) is 4.98 Å². The van der Waals surface area contributed by atoms with Crippen LogP contribution < -0.4 is 9.47 Å². The minimum Gasteiger partial charge on any atom is -0.454 e. The summed E-state index contributed by atoms with van der Waals surface area (Å²) in [6.07, 6.45) is 3.47. The second-order valence-electron chi connectivity index (χ2n) is 7.15. The van der Waals surface area contributed by atoms with E-state index < -0.39 is 0 Å². The first-order chi connectivity index (χ1) is 14.7. The number of amides is 1. The third-order valence-corrected chi connectivity index (χ3v) is 6.91. The van der Waals surface area contributed by atoms with Crippen LogP contribution in [0, 0.1) is 0 Å². The second-order valence-corrected chi connectivity index (χ2v) is 9.04. The molecule has 2 aromatic heterocycles. The van der Waals surface area contributed by atoms with Crippen molar-refractivity contribution in [2.45, 2.75) is 6.54 Å². The van der Waals surface area contributed by atoms with Crippen LogP contribution in [0.4, 0.5) is 0 Å². The summed E-state index contributed by atoms with van der Waals surface area (Å²) in [4.78, 5) is 22.8. The number of ether oxygens (including phenoxy) is 2. The summed E-state index contributed by atoms with van der Waals surface area (Å²) in [5.74, 6) is 1.52. The van der Waals surface area contributed by atoms with Crippen molar-refractivity contribution >= 4 is 47.1 Å². The van der Waals surface area contributed by atoms with Crippen LogP contribution in [0.3, 0.4) is 0 Å². The Bertz CT molecular complexity index is 1060. The first-order valence-electron chi connectivity index (χ1n) is 9.82. The number of fused-ring (bicyclic) bond motifs is 1. The van der Waals surface area contributed by atoms with E-state index in [4.69, 9.17) is 14.5 Å². The molecular weight excluding hydrogens is 454 g/mol. The normalized spacial score (nSPS) is 15.9. The summed E-state index contributed by atoms with van der Waals surface area (Å²) in [7, 11) is 0. The molecule has 1 fully saturated rings. The summed E-state index contributed by atoms with van der Waals surface area (Å²) in [6, 6.07) is 9.84. The van der Waals surface area contributed by atoms with Gasteiger partial charge in [0.2, 0.25) is 12.7 Å².